The number of halogens is 2. The molecule has 0 aliphatic carbocycles. The van der Waals surface area contributed by atoms with Crippen molar-refractivity contribution in [3.63, 3.8) is 0 Å². The second-order valence-electron chi connectivity index (χ2n) is 6.28. The molecule has 3 nitrogen and oxygen atoms in total. The number of hydrogen-bond donors (Lipinski definition) is 1. The predicted octanol–water partition coefficient (Wildman–Crippen LogP) is 4.68. The lowest BCUT2D eigenvalue weighted by atomic mass is 9.99. The van der Waals surface area contributed by atoms with E-state index < -0.39 is 6.04 Å². The van der Waals surface area contributed by atoms with Gasteiger partial charge in [-0.25, -0.2) is 4.39 Å². The normalized spacial score (nSPS) is 17.1. The van der Waals surface area contributed by atoms with Crippen molar-refractivity contribution in [1.82, 2.24) is 0 Å². The molecule has 2 aromatic carbocycles. The summed E-state index contributed by atoms with van der Waals surface area (Å²) in [5.74, 6) is -0.269. The highest BCUT2D eigenvalue weighted by molar-refractivity contribution is 6.32. The standard InChI is InChI=1S/C19H18ClFN2O/c1-11(2)9-17-19(24)23-16-8-7-12(20)10-14(16)18(22-17)13-5-3-4-6-15(13)21/h3-8,10-11,17H,9H2,1-2H3,(H,23,24)/t17-/m0/s1. The molecule has 2 aromatic rings. The number of benzodiazepines with no additional fused rings is 1. The maximum atomic E-state index is 14.4. The van der Waals surface area contributed by atoms with Crippen molar-refractivity contribution in [3.05, 3.63) is 64.4 Å². The van der Waals surface area contributed by atoms with Gasteiger partial charge in [0, 0.05) is 16.1 Å². The second-order valence-corrected chi connectivity index (χ2v) is 6.72. The maximum Gasteiger partial charge on any atom is 0.249 e. The third-order valence-corrected chi connectivity index (χ3v) is 4.14. The Morgan fingerprint density at radius 3 is 2.67 bits per heavy atom. The van der Waals surface area contributed by atoms with Gasteiger partial charge in [-0.2, -0.15) is 0 Å². The summed E-state index contributed by atoms with van der Waals surface area (Å²) in [6.07, 6.45) is 0.589. The van der Waals surface area contributed by atoms with Crippen molar-refractivity contribution in [2.75, 3.05) is 5.32 Å². The van der Waals surface area contributed by atoms with Crippen LogP contribution >= 0.6 is 11.6 Å². The highest BCUT2D eigenvalue weighted by Gasteiger charge is 2.27. The van der Waals surface area contributed by atoms with Crippen molar-refractivity contribution < 1.29 is 9.18 Å². The molecule has 5 heteroatoms. The molecule has 24 heavy (non-hydrogen) atoms. The van der Waals surface area contributed by atoms with Crippen LogP contribution in [0.5, 0.6) is 0 Å². The highest BCUT2D eigenvalue weighted by Crippen LogP contribution is 2.29. The van der Waals surface area contributed by atoms with E-state index in [0.29, 0.717) is 34.0 Å². The van der Waals surface area contributed by atoms with Crippen LogP contribution in [-0.4, -0.2) is 17.7 Å². The van der Waals surface area contributed by atoms with Crippen LogP contribution in [0.1, 0.15) is 31.4 Å². The first-order chi connectivity index (χ1) is 11.5. The number of amides is 1. The van der Waals surface area contributed by atoms with Gasteiger partial charge in [0.1, 0.15) is 11.9 Å². The summed E-state index contributed by atoms with van der Waals surface area (Å²) in [6, 6.07) is 11.0. The van der Waals surface area contributed by atoms with Gasteiger partial charge in [0.05, 0.1) is 11.4 Å². The largest absolute Gasteiger partial charge is 0.324 e. The molecular weight excluding hydrogens is 327 g/mol. The molecule has 3 rings (SSSR count). The summed E-state index contributed by atoms with van der Waals surface area (Å²) in [5.41, 5.74) is 2.05. The predicted molar refractivity (Wildman–Crippen MR) is 95.4 cm³/mol. The number of carbonyl (C=O) groups excluding carboxylic acids is 1. The summed E-state index contributed by atoms with van der Waals surface area (Å²) in [5, 5.41) is 3.40. The van der Waals surface area contributed by atoms with E-state index in [-0.39, 0.29) is 17.6 Å². The highest BCUT2D eigenvalue weighted by atomic mass is 35.5. The molecule has 1 aliphatic rings. The van der Waals surface area contributed by atoms with Crippen LogP contribution < -0.4 is 5.32 Å². The average Bonchev–Trinajstić information content (AvgIpc) is 2.65. The molecule has 124 valence electrons. The van der Waals surface area contributed by atoms with E-state index >= 15 is 0 Å². The number of carbonyl (C=O) groups is 1. The molecule has 1 aliphatic heterocycles. The van der Waals surface area contributed by atoms with Gasteiger partial charge in [-0.05, 0) is 42.7 Å². The SMILES string of the molecule is CC(C)C[C@@H]1N=C(c2ccccc2F)c2cc(Cl)ccc2NC1=O. The molecule has 1 heterocycles. The number of fused-ring (bicyclic) bond motifs is 1. The fourth-order valence-electron chi connectivity index (χ4n) is 2.80. The van der Waals surface area contributed by atoms with Gasteiger partial charge in [-0.15, -0.1) is 0 Å². The Morgan fingerprint density at radius 2 is 1.96 bits per heavy atom. The van der Waals surface area contributed by atoms with Crippen LogP contribution in [0.3, 0.4) is 0 Å². The van der Waals surface area contributed by atoms with Gasteiger partial charge < -0.3 is 5.32 Å². The number of nitrogens with zero attached hydrogens (tertiary/aromatic N) is 1. The maximum absolute atomic E-state index is 14.4. The molecule has 0 spiro atoms. The lowest BCUT2D eigenvalue weighted by molar-refractivity contribution is -0.117. The third kappa shape index (κ3) is 3.34. The minimum absolute atomic E-state index is 0.182. The molecule has 0 saturated heterocycles. The second kappa shape index (κ2) is 6.73. The van der Waals surface area contributed by atoms with Gasteiger partial charge in [0.2, 0.25) is 5.91 Å². The van der Waals surface area contributed by atoms with Crippen LogP contribution in [0, 0.1) is 11.7 Å². The molecule has 0 unspecified atom stereocenters. The first-order valence-corrected chi connectivity index (χ1v) is 8.27. The monoisotopic (exact) mass is 344 g/mol. The van der Waals surface area contributed by atoms with Crippen molar-refractivity contribution in [2.45, 2.75) is 26.3 Å². The summed E-state index contributed by atoms with van der Waals surface area (Å²) in [6.45, 7) is 4.06. The first kappa shape index (κ1) is 16.7. The summed E-state index contributed by atoms with van der Waals surface area (Å²) < 4.78 is 14.4. The Labute approximate surface area is 145 Å². The van der Waals surface area contributed by atoms with Crippen LogP contribution in [0.2, 0.25) is 5.02 Å². The Kier molecular flexibility index (Phi) is 4.67. The van der Waals surface area contributed by atoms with Crippen LogP contribution in [0.4, 0.5) is 10.1 Å². The quantitative estimate of drug-likeness (QED) is 0.862. The van der Waals surface area contributed by atoms with Crippen molar-refractivity contribution in [3.8, 4) is 0 Å². The summed E-state index contributed by atoms with van der Waals surface area (Å²) >= 11 is 6.12. The molecule has 1 N–H and O–H groups in total. The van der Waals surface area contributed by atoms with E-state index in [1.165, 1.54) is 6.07 Å². The van der Waals surface area contributed by atoms with Gasteiger partial charge in [-0.3, -0.25) is 9.79 Å². The zero-order valence-corrected chi connectivity index (χ0v) is 14.3. The van der Waals surface area contributed by atoms with E-state index in [4.69, 9.17) is 11.6 Å². The fourth-order valence-corrected chi connectivity index (χ4v) is 2.97. The molecule has 0 aromatic heterocycles. The molecule has 0 saturated carbocycles. The van der Waals surface area contributed by atoms with Gasteiger partial charge >= 0.3 is 0 Å². The third-order valence-electron chi connectivity index (χ3n) is 3.91. The number of aliphatic imine (C=N–C) groups is 1. The molecule has 1 amide bonds. The van der Waals surface area contributed by atoms with E-state index in [9.17, 15) is 9.18 Å². The van der Waals surface area contributed by atoms with Crippen molar-refractivity contribution in [1.29, 1.82) is 0 Å². The van der Waals surface area contributed by atoms with Gasteiger partial charge in [0.25, 0.3) is 0 Å². The smallest absolute Gasteiger partial charge is 0.249 e. The van der Waals surface area contributed by atoms with E-state index in [2.05, 4.69) is 10.3 Å². The number of anilines is 1. The molecular formula is C19H18ClFN2O. The Bertz CT molecular complexity index is 817. The molecule has 0 radical (unpaired) electrons. The molecule has 0 bridgehead atoms. The van der Waals surface area contributed by atoms with Crippen LogP contribution in [0.25, 0.3) is 0 Å². The van der Waals surface area contributed by atoms with E-state index in [1.54, 1.807) is 36.4 Å². The van der Waals surface area contributed by atoms with Crippen LogP contribution in [-0.2, 0) is 4.79 Å². The number of benzene rings is 2. The Hall–Kier alpha value is -2.20. The Morgan fingerprint density at radius 1 is 1.21 bits per heavy atom. The van der Waals surface area contributed by atoms with Crippen molar-refractivity contribution in [2.24, 2.45) is 10.9 Å². The topological polar surface area (TPSA) is 41.5 Å². The minimum atomic E-state index is -0.564. The van der Waals surface area contributed by atoms with Gasteiger partial charge in [-0.1, -0.05) is 37.6 Å². The first-order valence-electron chi connectivity index (χ1n) is 7.89. The minimum Gasteiger partial charge on any atom is -0.324 e. The van der Waals surface area contributed by atoms with E-state index in [0.717, 1.165) is 0 Å². The Balaban J connectivity index is 2.21. The lowest BCUT2D eigenvalue weighted by Gasteiger charge is -2.13. The molecule has 1 atom stereocenters. The average molecular weight is 345 g/mol. The van der Waals surface area contributed by atoms with Crippen molar-refractivity contribution >= 4 is 28.9 Å². The lowest BCUT2D eigenvalue weighted by Crippen LogP contribution is -2.27. The molecule has 0 fully saturated rings. The summed E-state index contributed by atoms with van der Waals surface area (Å²) in [4.78, 5) is 17.1. The number of nitrogens with one attached hydrogen (secondary N) is 1. The zero-order valence-electron chi connectivity index (χ0n) is 13.5. The summed E-state index contributed by atoms with van der Waals surface area (Å²) in [7, 11) is 0. The fraction of sp³-hybridized carbons (Fsp3) is 0.263. The number of rotatable bonds is 3. The number of hydrogen-bond acceptors (Lipinski definition) is 2. The van der Waals surface area contributed by atoms with Crippen LogP contribution in [0.15, 0.2) is 47.5 Å². The van der Waals surface area contributed by atoms with Gasteiger partial charge in [0.15, 0.2) is 0 Å². The van der Waals surface area contributed by atoms with E-state index in [1.807, 2.05) is 13.8 Å². The zero-order chi connectivity index (χ0) is 17.3.